The van der Waals surface area contributed by atoms with Crippen molar-refractivity contribution in [3.63, 3.8) is 0 Å². The Morgan fingerprint density at radius 1 is 1.62 bits per heavy atom. The number of hydrogen-bond acceptors (Lipinski definition) is 3. The van der Waals surface area contributed by atoms with E-state index in [0.29, 0.717) is 17.2 Å². The zero-order valence-corrected chi connectivity index (χ0v) is 8.80. The number of halogens is 1. The molecule has 1 aromatic heterocycles. The van der Waals surface area contributed by atoms with Gasteiger partial charge in [0.2, 0.25) is 5.89 Å². The molecule has 1 fully saturated rings. The van der Waals surface area contributed by atoms with Gasteiger partial charge in [-0.3, -0.25) is 0 Å². The van der Waals surface area contributed by atoms with Crippen molar-refractivity contribution < 1.29 is 4.52 Å². The van der Waals surface area contributed by atoms with Gasteiger partial charge < -0.3 is 4.52 Å². The van der Waals surface area contributed by atoms with Crippen molar-refractivity contribution in [1.82, 2.24) is 10.1 Å². The van der Waals surface area contributed by atoms with Crippen LogP contribution in [-0.2, 0) is 0 Å². The molecule has 1 saturated carbocycles. The Kier molecular flexibility index (Phi) is 1.88. The van der Waals surface area contributed by atoms with Crippen molar-refractivity contribution in [2.24, 2.45) is 5.41 Å². The van der Waals surface area contributed by atoms with Crippen LogP contribution in [0.3, 0.4) is 0 Å². The maximum Gasteiger partial charge on any atom is 0.244 e. The van der Waals surface area contributed by atoms with Gasteiger partial charge in [-0.2, -0.15) is 4.98 Å². The molecule has 1 aliphatic carbocycles. The Morgan fingerprint density at radius 3 is 2.62 bits per heavy atom. The van der Waals surface area contributed by atoms with Gasteiger partial charge in [-0.05, 0) is 18.8 Å². The molecule has 2 atom stereocenters. The third-order valence-corrected chi connectivity index (χ3v) is 2.81. The zero-order valence-electron chi connectivity index (χ0n) is 8.04. The first-order valence-corrected chi connectivity index (χ1v) is 4.92. The molecule has 1 aromatic rings. The largest absolute Gasteiger partial charge is 0.338 e. The predicted octanol–water partition coefficient (Wildman–Crippen LogP) is 2.88. The van der Waals surface area contributed by atoms with Crippen LogP contribution >= 0.6 is 11.6 Å². The molecule has 0 bridgehead atoms. The van der Waals surface area contributed by atoms with Crippen LogP contribution in [0, 0.1) is 5.41 Å². The predicted molar refractivity (Wildman–Crippen MR) is 49.7 cm³/mol. The smallest absolute Gasteiger partial charge is 0.244 e. The molecule has 0 aliphatic heterocycles. The van der Waals surface area contributed by atoms with Gasteiger partial charge in [0.15, 0.2) is 5.82 Å². The summed E-state index contributed by atoms with van der Waals surface area (Å²) >= 11 is 5.82. The fourth-order valence-electron chi connectivity index (χ4n) is 1.46. The summed E-state index contributed by atoms with van der Waals surface area (Å²) in [4.78, 5) is 4.26. The molecule has 4 heteroatoms. The highest BCUT2D eigenvalue weighted by atomic mass is 35.5. The summed E-state index contributed by atoms with van der Waals surface area (Å²) in [6.07, 6.45) is 1.14. The van der Waals surface area contributed by atoms with Crippen molar-refractivity contribution in [2.75, 3.05) is 0 Å². The second-order valence-corrected chi connectivity index (χ2v) is 5.01. The Hall–Kier alpha value is -0.570. The lowest BCUT2D eigenvalue weighted by molar-refractivity contribution is 0.372. The maximum absolute atomic E-state index is 5.82. The van der Waals surface area contributed by atoms with Crippen LogP contribution in [0.15, 0.2) is 4.52 Å². The van der Waals surface area contributed by atoms with E-state index in [0.717, 1.165) is 12.2 Å². The monoisotopic (exact) mass is 200 g/mol. The standard InChI is InChI=1S/C9H13ClN2O/c1-5(10)8-11-7(12-13-8)6-4-9(6,2)3/h5-6H,4H2,1-3H3. The number of alkyl halides is 1. The molecule has 72 valence electrons. The Labute approximate surface area is 82.5 Å². The van der Waals surface area contributed by atoms with E-state index in [-0.39, 0.29) is 5.38 Å². The summed E-state index contributed by atoms with van der Waals surface area (Å²) in [5, 5.41) is 3.73. The highest BCUT2D eigenvalue weighted by Crippen LogP contribution is 2.57. The molecule has 1 aliphatic rings. The second-order valence-electron chi connectivity index (χ2n) is 4.35. The summed E-state index contributed by atoms with van der Waals surface area (Å²) in [5.41, 5.74) is 0.344. The molecule has 0 saturated heterocycles. The van der Waals surface area contributed by atoms with E-state index in [2.05, 4.69) is 24.0 Å². The van der Waals surface area contributed by atoms with Gasteiger partial charge in [0.1, 0.15) is 5.38 Å². The molecular weight excluding hydrogens is 188 g/mol. The molecule has 13 heavy (non-hydrogen) atoms. The molecular formula is C9H13ClN2O. The number of nitrogens with zero attached hydrogens (tertiary/aromatic N) is 2. The van der Waals surface area contributed by atoms with E-state index in [4.69, 9.17) is 16.1 Å². The van der Waals surface area contributed by atoms with Crippen molar-refractivity contribution >= 4 is 11.6 Å². The fraction of sp³-hybridized carbons (Fsp3) is 0.778. The molecule has 2 rings (SSSR count). The van der Waals surface area contributed by atoms with Crippen molar-refractivity contribution in [2.45, 2.75) is 38.5 Å². The third-order valence-electron chi connectivity index (χ3n) is 2.62. The summed E-state index contributed by atoms with van der Waals surface area (Å²) in [6.45, 7) is 6.24. The van der Waals surface area contributed by atoms with Gasteiger partial charge in [-0.15, -0.1) is 11.6 Å². The van der Waals surface area contributed by atoms with Gasteiger partial charge in [0.05, 0.1) is 0 Å². The molecule has 0 spiro atoms. The number of hydrogen-bond donors (Lipinski definition) is 0. The Balaban J connectivity index is 2.16. The molecule has 0 amide bonds. The van der Waals surface area contributed by atoms with Gasteiger partial charge in [0, 0.05) is 5.92 Å². The topological polar surface area (TPSA) is 38.9 Å². The zero-order chi connectivity index (χ0) is 9.64. The molecule has 2 unspecified atom stereocenters. The van der Waals surface area contributed by atoms with Crippen LogP contribution in [0.1, 0.15) is 50.2 Å². The first-order valence-electron chi connectivity index (χ1n) is 4.48. The minimum Gasteiger partial charge on any atom is -0.338 e. The highest BCUT2D eigenvalue weighted by molar-refractivity contribution is 6.20. The van der Waals surface area contributed by atoms with Crippen LogP contribution in [0.2, 0.25) is 0 Å². The minimum absolute atomic E-state index is 0.192. The van der Waals surface area contributed by atoms with Crippen LogP contribution in [0.5, 0.6) is 0 Å². The molecule has 0 aromatic carbocycles. The van der Waals surface area contributed by atoms with E-state index < -0.39 is 0 Å². The SMILES string of the molecule is CC(Cl)c1nc(C2CC2(C)C)no1. The normalized spacial score (nSPS) is 27.2. The molecule has 0 radical (unpaired) electrons. The average molecular weight is 201 g/mol. The average Bonchev–Trinajstić information content (AvgIpc) is 2.50. The van der Waals surface area contributed by atoms with Gasteiger partial charge in [-0.25, -0.2) is 0 Å². The van der Waals surface area contributed by atoms with Crippen LogP contribution in [0.4, 0.5) is 0 Å². The van der Waals surface area contributed by atoms with E-state index in [1.54, 1.807) is 0 Å². The van der Waals surface area contributed by atoms with Gasteiger partial charge >= 0.3 is 0 Å². The van der Waals surface area contributed by atoms with E-state index in [1.165, 1.54) is 0 Å². The minimum atomic E-state index is -0.192. The first kappa shape index (κ1) is 9.00. The molecule has 3 nitrogen and oxygen atoms in total. The lowest BCUT2D eigenvalue weighted by atomic mass is 10.1. The van der Waals surface area contributed by atoms with Crippen molar-refractivity contribution in [3.8, 4) is 0 Å². The first-order chi connectivity index (χ1) is 6.00. The third kappa shape index (κ3) is 1.57. The number of aromatic nitrogens is 2. The van der Waals surface area contributed by atoms with Crippen molar-refractivity contribution in [3.05, 3.63) is 11.7 Å². The summed E-state index contributed by atoms with van der Waals surface area (Å²) < 4.78 is 5.03. The quantitative estimate of drug-likeness (QED) is 0.690. The lowest BCUT2D eigenvalue weighted by Gasteiger charge is -1.95. The van der Waals surface area contributed by atoms with Crippen LogP contribution in [-0.4, -0.2) is 10.1 Å². The molecule has 0 N–H and O–H groups in total. The van der Waals surface area contributed by atoms with E-state index >= 15 is 0 Å². The van der Waals surface area contributed by atoms with Crippen LogP contribution < -0.4 is 0 Å². The molecule has 1 heterocycles. The summed E-state index contributed by atoms with van der Waals surface area (Å²) in [7, 11) is 0. The van der Waals surface area contributed by atoms with E-state index in [1.807, 2.05) is 6.92 Å². The second kappa shape index (κ2) is 2.71. The van der Waals surface area contributed by atoms with Crippen molar-refractivity contribution in [1.29, 1.82) is 0 Å². The number of rotatable bonds is 2. The van der Waals surface area contributed by atoms with Crippen LogP contribution in [0.25, 0.3) is 0 Å². The highest BCUT2D eigenvalue weighted by Gasteiger charge is 2.49. The van der Waals surface area contributed by atoms with E-state index in [9.17, 15) is 0 Å². The fourth-order valence-corrected chi connectivity index (χ4v) is 1.55. The van der Waals surface area contributed by atoms with Gasteiger partial charge in [0.25, 0.3) is 0 Å². The van der Waals surface area contributed by atoms with Gasteiger partial charge in [-0.1, -0.05) is 19.0 Å². The summed E-state index contributed by atoms with van der Waals surface area (Å²) in [5.74, 6) is 1.80. The summed E-state index contributed by atoms with van der Waals surface area (Å²) in [6, 6.07) is 0. The Bertz CT molecular complexity index is 319. The maximum atomic E-state index is 5.82. The lowest BCUT2D eigenvalue weighted by Crippen LogP contribution is -1.92. The Morgan fingerprint density at radius 2 is 2.23 bits per heavy atom.